The Morgan fingerprint density at radius 1 is 1.00 bits per heavy atom. The molecule has 0 aliphatic heterocycles. The Balaban J connectivity index is 2.69. The summed E-state index contributed by atoms with van der Waals surface area (Å²) in [7, 11) is 0. The van der Waals surface area contributed by atoms with Gasteiger partial charge in [0.05, 0.1) is 0 Å². The van der Waals surface area contributed by atoms with Gasteiger partial charge in [-0.15, -0.1) is 0 Å². The topological polar surface area (TPSA) is 33.1 Å². The van der Waals surface area contributed by atoms with Crippen LogP contribution in [-0.2, 0) is 0 Å². The van der Waals surface area contributed by atoms with Crippen LogP contribution in [0.5, 0.6) is 5.75 Å². The normalized spacial score (nSPS) is 10.3. The molecule has 0 aliphatic rings. The van der Waals surface area contributed by atoms with Crippen LogP contribution in [0.2, 0.25) is 0 Å². The number of pyridine rings is 1. The number of aromatic nitrogens is 1. The molecule has 0 atom stereocenters. The van der Waals surface area contributed by atoms with Crippen LogP contribution in [-0.4, -0.2) is 10.1 Å². The van der Waals surface area contributed by atoms with Gasteiger partial charge in [0.2, 0.25) is 0 Å². The molecule has 2 rings (SSSR count). The van der Waals surface area contributed by atoms with Crippen molar-refractivity contribution in [1.82, 2.24) is 4.98 Å². The molecule has 1 heterocycles. The Bertz CT molecular complexity index is 471. The van der Waals surface area contributed by atoms with Crippen LogP contribution >= 0.6 is 0 Å². The van der Waals surface area contributed by atoms with Gasteiger partial charge in [0.25, 0.3) is 0 Å². The molecule has 76 valence electrons. The second kappa shape index (κ2) is 3.73. The Morgan fingerprint density at radius 3 is 2.27 bits per heavy atom. The number of rotatable bonds is 1. The van der Waals surface area contributed by atoms with E-state index in [1.165, 1.54) is 0 Å². The van der Waals surface area contributed by atoms with Gasteiger partial charge in [0.1, 0.15) is 11.4 Å². The molecule has 1 aromatic carbocycles. The van der Waals surface area contributed by atoms with Crippen molar-refractivity contribution in [2.45, 2.75) is 13.8 Å². The SMILES string of the molecule is Cc1cccc(C)c1-c1ncccc1O. The zero-order valence-electron chi connectivity index (χ0n) is 8.86. The van der Waals surface area contributed by atoms with Crippen LogP contribution < -0.4 is 0 Å². The van der Waals surface area contributed by atoms with Gasteiger partial charge in [-0.05, 0) is 37.1 Å². The van der Waals surface area contributed by atoms with Crippen molar-refractivity contribution in [3.05, 3.63) is 47.7 Å². The highest BCUT2D eigenvalue weighted by atomic mass is 16.3. The third-order valence-electron chi connectivity index (χ3n) is 2.50. The quantitative estimate of drug-likeness (QED) is 0.765. The first-order valence-electron chi connectivity index (χ1n) is 4.90. The molecule has 0 radical (unpaired) electrons. The molecule has 0 amide bonds. The maximum absolute atomic E-state index is 9.75. The lowest BCUT2D eigenvalue weighted by Crippen LogP contribution is -1.90. The molecule has 0 saturated heterocycles. The van der Waals surface area contributed by atoms with Crippen molar-refractivity contribution in [1.29, 1.82) is 0 Å². The van der Waals surface area contributed by atoms with E-state index in [9.17, 15) is 5.11 Å². The molecule has 2 aromatic rings. The second-order valence-corrected chi connectivity index (χ2v) is 3.64. The summed E-state index contributed by atoms with van der Waals surface area (Å²) < 4.78 is 0. The highest BCUT2D eigenvalue weighted by molar-refractivity contribution is 5.72. The van der Waals surface area contributed by atoms with Gasteiger partial charge in [-0.2, -0.15) is 0 Å². The number of nitrogens with zero attached hydrogens (tertiary/aromatic N) is 1. The average Bonchev–Trinajstić information content (AvgIpc) is 2.20. The molecule has 2 nitrogen and oxygen atoms in total. The van der Waals surface area contributed by atoms with Crippen LogP contribution in [0, 0.1) is 13.8 Å². The molecule has 0 fully saturated rings. The fourth-order valence-electron chi connectivity index (χ4n) is 1.78. The third kappa shape index (κ3) is 1.71. The first-order chi connectivity index (χ1) is 7.20. The Labute approximate surface area is 89.2 Å². The van der Waals surface area contributed by atoms with E-state index in [1.54, 1.807) is 18.3 Å². The largest absolute Gasteiger partial charge is 0.506 e. The van der Waals surface area contributed by atoms with Crippen molar-refractivity contribution in [3.8, 4) is 17.0 Å². The van der Waals surface area contributed by atoms with Crippen molar-refractivity contribution in [2.75, 3.05) is 0 Å². The Kier molecular flexibility index (Phi) is 2.42. The molecule has 0 aliphatic carbocycles. The van der Waals surface area contributed by atoms with E-state index in [0.717, 1.165) is 16.7 Å². The van der Waals surface area contributed by atoms with E-state index in [0.29, 0.717) is 5.69 Å². The van der Waals surface area contributed by atoms with E-state index >= 15 is 0 Å². The molecule has 0 saturated carbocycles. The fraction of sp³-hybridized carbons (Fsp3) is 0.154. The van der Waals surface area contributed by atoms with Crippen molar-refractivity contribution >= 4 is 0 Å². The molecule has 1 N–H and O–H groups in total. The summed E-state index contributed by atoms with van der Waals surface area (Å²) in [6.45, 7) is 4.05. The minimum absolute atomic E-state index is 0.231. The molecule has 15 heavy (non-hydrogen) atoms. The van der Waals surface area contributed by atoms with E-state index in [2.05, 4.69) is 4.98 Å². The van der Waals surface area contributed by atoms with Gasteiger partial charge >= 0.3 is 0 Å². The van der Waals surface area contributed by atoms with Gasteiger partial charge in [-0.25, -0.2) is 0 Å². The van der Waals surface area contributed by atoms with Crippen LogP contribution in [0.15, 0.2) is 36.5 Å². The van der Waals surface area contributed by atoms with Crippen LogP contribution in [0.4, 0.5) is 0 Å². The first-order valence-corrected chi connectivity index (χ1v) is 4.90. The molecular formula is C13H13NO. The van der Waals surface area contributed by atoms with Crippen molar-refractivity contribution < 1.29 is 5.11 Å². The van der Waals surface area contributed by atoms with Crippen LogP contribution in [0.25, 0.3) is 11.3 Å². The monoisotopic (exact) mass is 199 g/mol. The predicted molar refractivity (Wildman–Crippen MR) is 60.8 cm³/mol. The lowest BCUT2D eigenvalue weighted by Gasteiger charge is -2.09. The minimum Gasteiger partial charge on any atom is -0.506 e. The molecule has 0 bridgehead atoms. The Hall–Kier alpha value is -1.83. The lowest BCUT2D eigenvalue weighted by molar-refractivity contribution is 0.475. The molecular weight excluding hydrogens is 186 g/mol. The van der Waals surface area contributed by atoms with E-state index in [4.69, 9.17) is 0 Å². The minimum atomic E-state index is 0.231. The summed E-state index contributed by atoms with van der Waals surface area (Å²) in [5.41, 5.74) is 3.94. The molecule has 0 spiro atoms. The molecule has 1 aromatic heterocycles. The molecule has 0 unspecified atom stereocenters. The number of aryl methyl sites for hydroxylation is 2. The third-order valence-corrected chi connectivity index (χ3v) is 2.50. The van der Waals surface area contributed by atoms with Crippen LogP contribution in [0.3, 0.4) is 0 Å². The van der Waals surface area contributed by atoms with Crippen molar-refractivity contribution in [2.24, 2.45) is 0 Å². The molecule has 2 heteroatoms. The number of hydrogen-bond donors (Lipinski definition) is 1. The number of aromatic hydroxyl groups is 1. The lowest BCUT2D eigenvalue weighted by atomic mass is 9.99. The van der Waals surface area contributed by atoms with E-state index < -0.39 is 0 Å². The summed E-state index contributed by atoms with van der Waals surface area (Å²) in [6, 6.07) is 9.45. The number of hydrogen-bond acceptors (Lipinski definition) is 2. The van der Waals surface area contributed by atoms with Gasteiger partial charge < -0.3 is 5.11 Å². The van der Waals surface area contributed by atoms with Gasteiger partial charge in [0, 0.05) is 11.8 Å². The summed E-state index contributed by atoms with van der Waals surface area (Å²) in [6.07, 6.45) is 1.70. The zero-order valence-corrected chi connectivity index (χ0v) is 8.86. The van der Waals surface area contributed by atoms with Crippen LogP contribution in [0.1, 0.15) is 11.1 Å². The van der Waals surface area contributed by atoms with Gasteiger partial charge in [-0.1, -0.05) is 18.2 Å². The maximum atomic E-state index is 9.75. The van der Waals surface area contributed by atoms with Crippen molar-refractivity contribution in [3.63, 3.8) is 0 Å². The zero-order chi connectivity index (χ0) is 10.8. The standard InChI is InChI=1S/C13H13NO/c1-9-5-3-6-10(2)12(9)13-11(15)7-4-8-14-13/h3-8,15H,1-2H3. The summed E-state index contributed by atoms with van der Waals surface area (Å²) in [5, 5.41) is 9.75. The maximum Gasteiger partial charge on any atom is 0.141 e. The smallest absolute Gasteiger partial charge is 0.141 e. The first kappa shape index (κ1) is 9.71. The summed E-state index contributed by atoms with van der Waals surface area (Å²) in [5.74, 6) is 0.231. The Morgan fingerprint density at radius 2 is 1.67 bits per heavy atom. The number of benzene rings is 1. The fourth-order valence-corrected chi connectivity index (χ4v) is 1.78. The summed E-state index contributed by atoms with van der Waals surface area (Å²) in [4.78, 5) is 4.22. The van der Waals surface area contributed by atoms with Gasteiger partial charge in [0.15, 0.2) is 0 Å². The highest BCUT2D eigenvalue weighted by Gasteiger charge is 2.09. The van der Waals surface area contributed by atoms with Gasteiger partial charge in [-0.3, -0.25) is 4.98 Å². The van der Waals surface area contributed by atoms with E-state index in [-0.39, 0.29) is 5.75 Å². The van der Waals surface area contributed by atoms with E-state index in [1.807, 2.05) is 32.0 Å². The average molecular weight is 199 g/mol. The summed E-state index contributed by atoms with van der Waals surface area (Å²) >= 11 is 0. The second-order valence-electron chi connectivity index (χ2n) is 3.64. The highest BCUT2D eigenvalue weighted by Crippen LogP contribution is 2.31. The predicted octanol–water partition coefficient (Wildman–Crippen LogP) is 3.07.